The molecule has 0 aliphatic heterocycles. The minimum absolute atomic E-state index is 0.100. The molecule has 0 N–H and O–H groups in total. The lowest BCUT2D eigenvalue weighted by Crippen LogP contribution is -2.32. The Labute approximate surface area is 131 Å². The van der Waals surface area contributed by atoms with E-state index in [-0.39, 0.29) is 11.5 Å². The van der Waals surface area contributed by atoms with Crippen LogP contribution in [0.25, 0.3) is 0 Å². The average molecular weight is 297 g/mol. The quantitative estimate of drug-likeness (QED) is 0.852. The van der Waals surface area contributed by atoms with Gasteiger partial charge in [-0.2, -0.15) is 0 Å². The van der Waals surface area contributed by atoms with Crippen molar-refractivity contribution in [1.29, 1.82) is 0 Å². The zero-order chi connectivity index (χ0) is 17.2. The molecule has 21 heavy (non-hydrogen) atoms. The molecule has 1 aromatic heterocycles. The van der Waals surface area contributed by atoms with Crippen LogP contribution in [0.1, 0.15) is 64.5 Å². The fourth-order valence-corrected chi connectivity index (χ4v) is 1.73. The van der Waals surface area contributed by atoms with E-state index in [0.29, 0.717) is 6.54 Å². The number of nitrogens with zero attached hydrogens (tertiary/aromatic N) is 3. The van der Waals surface area contributed by atoms with Gasteiger partial charge in [0, 0.05) is 30.3 Å². The highest BCUT2D eigenvalue weighted by molar-refractivity contribution is 5.16. The Hall–Kier alpha value is -1.16. The Morgan fingerprint density at radius 2 is 1.57 bits per heavy atom. The van der Waals surface area contributed by atoms with Gasteiger partial charge in [0.15, 0.2) is 0 Å². The molecule has 0 atom stereocenters. The van der Waals surface area contributed by atoms with Crippen LogP contribution in [0.3, 0.4) is 0 Å². The number of hydrogen-bond donors (Lipinski definition) is 0. The van der Waals surface area contributed by atoms with Gasteiger partial charge in [0.25, 0.3) is 5.56 Å². The van der Waals surface area contributed by atoms with E-state index in [4.69, 9.17) is 0 Å². The molecule has 0 bridgehead atoms. The maximum absolute atomic E-state index is 12.2. The largest absolute Gasteiger partial charge is 0.308 e. The van der Waals surface area contributed by atoms with Gasteiger partial charge in [-0.25, -0.2) is 4.98 Å². The lowest BCUT2D eigenvalue weighted by atomic mass is 10.1. The normalized spacial score (nSPS) is 9.90. The average Bonchev–Trinajstić information content (AvgIpc) is 2.47. The van der Waals surface area contributed by atoms with E-state index in [1.54, 1.807) is 0 Å². The van der Waals surface area contributed by atoms with Crippen molar-refractivity contribution in [3.8, 4) is 0 Å². The minimum Gasteiger partial charge on any atom is -0.308 e. The lowest BCUT2D eigenvalue weighted by molar-refractivity contribution is 0.373. The molecule has 0 radical (unpaired) electrons. The van der Waals surface area contributed by atoms with Gasteiger partial charge in [0.2, 0.25) is 0 Å². The van der Waals surface area contributed by atoms with E-state index in [2.05, 4.69) is 23.7 Å². The summed E-state index contributed by atoms with van der Waals surface area (Å²) in [4.78, 5) is 18.9. The molecule has 4 nitrogen and oxygen atoms in total. The van der Waals surface area contributed by atoms with Gasteiger partial charge in [0.1, 0.15) is 5.82 Å². The number of hydrogen-bond acceptors (Lipinski definition) is 3. The summed E-state index contributed by atoms with van der Waals surface area (Å²) in [5.41, 5.74) is 1.70. The highest BCUT2D eigenvalue weighted by Crippen LogP contribution is 2.11. The summed E-state index contributed by atoms with van der Waals surface area (Å²) in [6.45, 7) is 17.4. The monoisotopic (exact) mass is 297 g/mol. The standard InChI is InChI=1S/C13H23N3O.2C2H6/c1-9(2)12-14-11(4)10(3)13(17)16(12)8-7-15(5)6;2*1-2/h9H,7-8H2,1-6H3;2*1-2H3. The summed E-state index contributed by atoms with van der Waals surface area (Å²) >= 11 is 0. The fourth-order valence-electron chi connectivity index (χ4n) is 1.73. The fraction of sp³-hybridized carbons (Fsp3) is 0.765. The van der Waals surface area contributed by atoms with Crippen LogP contribution in [0.4, 0.5) is 0 Å². The van der Waals surface area contributed by atoms with Gasteiger partial charge in [-0.05, 0) is 27.9 Å². The molecule has 0 aromatic carbocycles. The molecular formula is C17H35N3O. The Morgan fingerprint density at radius 3 is 1.95 bits per heavy atom. The van der Waals surface area contributed by atoms with Crippen LogP contribution in [-0.2, 0) is 6.54 Å². The Kier molecular flexibility index (Phi) is 12.1. The third-order valence-corrected chi connectivity index (χ3v) is 2.95. The first-order valence-electron chi connectivity index (χ1n) is 8.07. The molecule has 0 saturated heterocycles. The summed E-state index contributed by atoms with van der Waals surface area (Å²) in [6, 6.07) is 0. The number of rotatable bonds is 4. The van der Waals surface area contributed by atoms with Crippen molar-refractivity contribution in [3.63, 3.8) is 0 Å². The van der Waals surface area contributed by atoms with Gasteiger partial charge in [-0.3, -0.25) is 9.36 Å². The molecule has 0 fully saturated rings. The molecule has 1 heterocycles. The van der Waals surface area contributed by atoms with Gasteiger partial charge in [-0.15, -0.1) is 0 Å². The molecule has 4 heteroatoms. The van der Waals surface area contributed by atoms with E-state index >= 15 is 0 Å². The van der Waals surface area contributed by atoms with E-state index in [0.717, 1.165) is 23.6 Å². The smallest absolute Gasteiger partial charge is 0.256 e. The summed E-state index contributed by atoms with van der Waals surface area (Å²) in [7, 11) is 4.02. The Balaban J connectivity index is 0. The van der Waals surface area contributed by atoms with Crippen molar-refractivity contribution >= 4 is 0 Å². The second-order valence-electron chi connectivity index (χ2n) is 5.10. The van der Waals surface area contributed by atoms with E-state index in [1.165, 1.54) is 0 Å². The highest BCUT2D eigenvalue weighted by atomic mass is 16.1. The van der Waals surface area contributed by atoms with Crippen LogP contribution in [0.15, 0.2) is 4.79 Å². The van der Waals surface area contributed by atoms with Crippen LogP contribution in [0.2, 0.25) is 0 Å². The van der Waals surface area contributed by atoms with Crippen LogP contribution >= 0.6 is 0 Å². The lowest BCUT2D eigenvalue weighted by Gasteiger charge is -2.18. The van der Waals surface area contributed by atoms with Gasteiger partial charge < -0.3 is 4.90 Å². The van der Waals surface area contributed by atoms with Crippen molar-refractivity contribution in [1.82, 2.24) is 14.5 Å². The van der Waals surface area contributed by atoms with Crippen LogP contribution < -0.4 is 5.56 Å². The SMILES string of the molecule is CC.CC.Cc1nc(C(C)C)n(CCN(C)C)c(=O)c1C. The van der Waals surface area contributed by atoms with Gasteiger partial charge >= 0.3 is 0 Å². The van der Waals surface area contributed by atoms with Crippen molar-refractivity contribution in [2.75, 3.05) is 20.6 Å². The number of likely N-dealkylation sites (N-methyl/N-ethyl adjacent to an activating group) is 1. The molecule has 0 saturated carbocycles. The van der Waals surface area contributed by atoms with Crippen molar-refractivity contribution in [2.24, 2.45) is 0 Å². The predicted molar refractivity (Wildman–Crippen MR) is 93.3 cm³/mol. The molecule has 0 amide bonds. The molecule has 0 unspecified atom stereocenters. The predicted octanol–water partition coefficient (Wildman–Crippen LogP) is 3.60. The second kappa shape index (κ2) is 11.5. The molecular weight excluding hydrogens is 262 g/mol. The van der Waals surface area contributed by atoms with E-state index < -0.39 is 0 Å². The number of aromatic nitrogens is 2. The molecule has 0 spiro atoms. The summed E-state index contributed by atoms with van der Waals surface area (Å²) in [6.07, 6.45) is 0. The Bertz CT molecular complexity index is 448. The highest BCUT2D eigenvalue weighted by Gasteiger charge is 2.13. The molecule has 0 aliphatic carbocycles. The summed E-state index contributed by atoms with van der Waals surface area (Å²) in [5, 5.41) is 0. The summed E-state index contributed by atoms with van der Waals surface area (Å²) in [5.74, 6) is 1.16. The zero-order valence-electron chi connectivity index (χ0n) is 15.7. The molecule has 0 aliphatic rings. The van der Waals surface area contributed by atoms with Gasteiger partial charge in [0.05, 0.1) is 0 Å². The van der Waals surface area contributed by atoms with Crippen molar-refractivity contribution < 1.29 is 0 Å². The first kappa shape index (κ1) is 22.1. The van der Waals surface area contributed by atoms with E-state index in [9.17, 15) is 4.79 Å². The first-order valence-corrected chi connectivity index (χ1v) is 8.07. The van der Waals surface area contributed by atoms with Crippen molar-refractivity contribution in [2.45, 2.75) is 67.9 Å². The topological polar surface area (TPSA) is 38.1 Å². The molecule has 1 aromatic rings. The maximum Gasteiger partial charge on any atom is 0.256 e. The minimum atomic E-state index is 0.100. The summed E-state index contributed by atoms with van der Waals surface area (Å²) < 4.78 is 1.81. The van der Waals surface area contributed by atoms with Crippen LogP contribution in [-0.4, -0.2) is 35.1 Å². The third-order valence-electron chi connectivity index (χ3n) is 2.95. The molecule has 124 valence electrons. The zero-order valence-corrected chi connectivity index (χ0v) is 15.7. The Morgan fingerprint density at radius 1 is 1.10 bits per heavy atom. The number of aryl methyl sites for hydroxylation is 1. The van der Waals surface area contributed by atoms with Crippen molar-refractivity contribution in [3.05, 3.63) is 27.4 Å². The van der Waals surface area contributed by atoms with Crippen LogP contribution in [0.5, 0.6) is 0 Å². The van der Waals surface area contributed by atoms with Crippen LogP contribution in [0, 0.1) is 13.8 Å². The maximum atomic E-state index is 12.2. The third kappa shape index (κ3) is 6.89. The molecule has 1 rings (SSSR count). The second-order valence-corrected chi connectivity index (χ2v) is 5.10. The van der Waals surface area contributed by atoms with Gasteiger partial charge in [-0.1, -0.05) is 41.5 Å². The first-order chi connectivity index (χ1) is 9.84. The van der Waals surface area contributed by atoms with E-state index in [1.807, 2.05) is 60.2 Å².